The first-order valence-corrected chi connectivity index (χ1v) is 5.74. The van der Waals surface area contributed by atoms with Gasteiger partial charge in [-0.3, -0.25) is 4.79 Å². The molecule has 2 rings (SSSR count). The number of aromatic nitrogens is 2. The molecule has 1 aliphatic rings. The fourth-order valence-corrected chi connectivity index (χ4v) is 1.68. The Hall–Kier alpha value is -2.05. The maximum atomic E-state index is 11.7. The highest BCUT2D eigenvalue weighted by molar-refractivity contribution is 5.80. The summed E-state index contributed by atoms with van der Waals surface area (Å²) < 4.78 is 0. The van der Waals surface area contributed by atoms with E-state index in [-0.39, 0.29) is 12.6 Å². The number of hydrogen-bond donors (Lipinski definition) is 3. The quantitative estimate of drug-likeness (QED) is 0.707. The van der Waals surface area contributed by atoms with Gasteiger partial charge in [0.2, 0.25) is 0 Å². The summed E-state index contributed by atoms with van der Waals surface area (Å²) in [5, 5.41) is 11.6. The summed E-state index contributed by atoms with van der Waals surface area (Å²) in [5.41, 5.74) is -0.735. The number of carboxylic acid groups (broad SMARTS) is 1. The molecule has 1 heterocycles. The van der Waals surface area contributed by atoms with Crippen LogP contribution in [0.15, 0.2) is 12.4 Å². The maximum absolute atomic E-state index is 11.7. The van der Waals surface area contributed by atoms with Crippen LogP contribution in [0.4, 0.5) is 4.79 Å². The molecule has 0 saturated heterocycles. The number of aliphatic carboxylic acids is 1. The summed E-state index contributed by atoms with van der Waals surface area (Å²) >= 11 is 0. The van der Waals surface area contributed by atoms with Crippen molar-refractivity contribution < 1.29 is 14.7 Å². The van der Waals surface area contributed by atoms with Crippen LogP contribution in [0, 0.1) is 5.41 Å². The minimum Gasteiger partial charge on any atom is -0.481 e. The van der Waals surface area contributed by atoms with Crippen molar-refractivity contribution in [2.24, 2.45) is 5.41 Å². The minimum atomic E-state index is -0.837. The van der Waals surface area contributed by atoms with Crippen molar-refractivity contribution in [1.29, 1.82) is 0 Å². The molecule has 1 saturated carbocycles. The lowest BCUT2D eigenvalue weighted by Gasteiger charge is -2.18. The van der Waals surface area contributed by atoms with E-state index in [4.69, 9.17) is 5.11 Å². The van der Waals surface area contributed by atoms with Crippen molar-refractivity contribution in [3.05, 3.63) is 18.2 Å². The van der Waals surface area contributed by atoms with Crippen molar-refractivity contribution in [2.45, 2.75) is 19.4 Å². The van der Waals surface area contributed by atoms with E-state index < -0.39 is 11.4 Å². The van der Waals surface area contributed by atoms with Crippen molar-refractivity contribution in [1.82, 2.24) is 20.2 Å². The Balaban J connectivity index is 1.79. The lowest BCUT2D eigenvalue weighted by molar-refractivity contribution is -0.143. The Labute approximate surface area is 104 Å². The summed E-state index contributed by atoms with van der Waals surface area (Å²) in [4.78, 5) is 31.1. The minimum absolute atomic E-state index is 0.184. The Morgan fingerprint density at radius 3 is 2.83 bits per heavy atom. The van der Waals surface area contributed by atoms with Gasteiger partial charge in [0.25, 0.3) is 0 Å². The van der Waals surface area contributed by atoms with Gasteiger partial charge in [-0.2, -0.15) is 0 Å². The summed E-state index contributed by atoms with van der Waals surface area (Å²) in [7, 11) is 1.64. The number of rotatable bonds is 5. The Morgan fingerprint density at radius 2 is 2.33 bits per heavy atom. The number of aromatic amines is 1. The average Bonchev–Trinajstić information content (AvgIpc) is 2.97. The molecule has 0 aromatic carbocycles. The summed E-state index contributed by atoms with van der Waals surface area (Å²) in [6.45, 7) is 0.544. The predicted molar refractivity (Wildman–Crippen MR) is 62.8 cm³/mol. The van der Waals surface area contributed by atoms with Crippen LogP contribution in [0.5, 0.6) is 0 Å². The number of amides is 2. The third kappa shape index (κ3) is 2.61. The van der Waals surface area contributed by atoms with E-state index in [1.807, 2.05) is 0 Å². The monoisotopic (exact) mass is 252 g/mol. The standard InChI is InChI=1S/C11H16N4O3/c1-15(6-8-12-4-5-13-8)10(18)14-7-11(2-3-11)9(16)17/h4-5H,2-3,6-7H2,1H3,(H,12,13)(H,14,18)(H,16,17). The molecule has 2 amide bonds. The van der Waals surface area contributed by atoms with Gasteiger partial charge in [-0.05, 0) is 12.8 Å². The molecule has 1 fully saturated rings. The molecular formula is C11H16N4O3. The van der Waals surface area contributed by atoms with Gasteiger partial charge in [0.1, 0.15) is 5.82 Å². The van der Waals surface area contributed by atoms with Crippen LogP contribution in [0.3, 0.4) is 0 Å². The molecule has 0 spiro atoms. The Bertz CT molecular complexity index is 439. The number of nitrogens with zero attached hydrogens (tertiary/aromatic N) is 2. The van der Waals surface area contributed by atoms with Gasteiger partial charge >= 0.3 is 12.0 Å². The number of carbonyl (C=O) groups is 2. The molecule has 0 radical (unpaired) electrons. The molecule has 1 aliphatic carbocycles. The molecule has 3 N–H and O–H groups in total. The van der Waals surface area contributed by atoms with E-state index in [0.29, 0.717) is 25.2 Å². The number of H-pyrrole nitrogens is 1. The highest BCUT2D eigenvalue weighted by Crippen LogP contribution is 2.45. The van der Waals surface area contributed by atoms with Crippen LogP contribution < -0.4 is 5.32 Å². The lowest BCUT2D eigenvalue weighted by Crippen LogP contribution is -2.41. The molecule has 7 heteroatoms. The smallest absolute Gasteiger partial charge is 0.317 e. The van der Waals surface area contributed by atoms with Gasteiger partial charge in [0.15, 0.2) is 0 Å². The Kier molecular flexibility index (Phi) is 3.22. The highest BCUT2D eigenvalue weighted by atomic mass is 16.4. The predicted octanol–water partition coefficient (Wildman–Crippen LogP) is 0.416. The summed E-state index contributed by atoms with van der Waals surface area (Å²) in [6.07, 6.45) is 4.56. The molecule has 1 aromatic heterocycles. The van der Waals surface area contributed by atoms with Gasteiger partial charge < -0.3 is 20.3 Å². The van der Waals surface area contributed by atoms with E-state index in [1.165, 1.54) is 4.90 Å². The molecule has 0 aliphatic heterocycles. The molecule has 1 aromatic rings. The van der Waals surface area contributed by atoms with Crippen LogP contribution in [0.1, 0.15) is 18.7 Å². The topological polar surface area (TPSA) is 98.3 Å². The van der Waals surface area contributed by atoms with Crippen molar-refractivity contribution in [2.75, 3.05) is 13.6 Å². The largest absolute Gasteiger partial charge is 0.481 e. The average molecular weight is 252 g/mol. The summed E-state index contributed by atoms with van der Waals surface area (Å²) in [6, 6.07) is -0.293. The van der Waals surface area contributed by atoms with Gasteiger partial charge in [0, 0.05) is 26.0 Å². The van der Waals surface area contributed by atoms with Crippen molar-refractivity contribution in [3.8, 4) is 0 Å². The van der Waals surface area contributed by atoms with Gasteiger partial charge in [-0.1, -0.05) is 0 Å². The fraction of sp³-hybridized carbons (Fsp3) is 0.545. The summed E-state index contributed by atoms with van der Waals surface area (Å²) in [5.74, 6) is -0.150. The molecule has 7 nitrogen and oxygen atoms in total. The lowest BCUT2D eigenvalue weighted by atomic mass is 10.1. The van der Waals surface area contributed by atoms with Crippen molar-refractivity contribution >= 4 is 12.0 Å². The zero-order chi connectivity index (χ0) is 13.2. The van der Waals surface area contributed by atoms with Crippen LogP contribution in [0.2, 0.25) is 0 Å². The van der Waals surface area contributed by atoms with E-state index in [0.717, 1.165) is 0 Å². The van der Waals surface area contributed by atoms with Gasteiger partial charge in [0.05, 0.1) is 12.0 Å². The van der Waals surface area contributed by atoms with E-state index in [9.17, 15) is 9.59 Å². The van der Waals surface area contributed by atoms with Crippen LogP contribution in [-0.2, 0) is 11.3 Å². The number of carboxylic acids is 1. The molecule has 0 unspecified atom stereocenters. The first kappa shape index (κ1) is 12.4. The zero-order valence-electron chi connectivity index (χ0n) is 10.1. The second kappa shape index (κ2) is 4.67. The first-order chi connectivity index (χ1) is 8.53. The van der Waals surface area contributed by atoms with Crippen LogP contribution >= 0.6 is 0 Å². The van der Waals surface area contributed by atoms with E-state index in [2.05, 4.69) is 15.3 Å². The van der Waals surface area contributed by atoms with Gasteiger partial charge in [-0.25, -0.2) is 9.78 Å². The van der Waals surface area contributed by atoms with Gasteiger partial charge in [-0.15, -0.1) is 0 Å². The number of carbonyl (C=O) groups excluding carboxylic acids is 1. The second-order valence-corrected chi connectivity index (χ2v) is 4.64. The third-order valence-electron chi connectivity index (χ3n) is 3.17. The second-order valence-electron chi connectivity index (χ2n) is 4.64. The maximum Gasteiger partial charge on any atom is 0.317 e. The number of imidazole rings is 1. The molecule has 18 heavy (non-hydrogen) atoms. The number of urea groups is 1. The molecule has 0 bridgehead atoms. The number of hydrogen-bond acceptors (Lipinski definition) is 3. The molecule has 98 valence electrons. The number of nitrogens with one attached hydrogen (secondary N) is 2. The first-order valence-electron chi connectivity index (χ1n) is 5.74. The Morgan fingerprint density at radius 1 is 1.61 bits per heavy atom. The van der Waals surface area contributed by atoms with Crippen LogP contribution in [-0.4, -0.2) is 45.6 Å². The van der Waals surface area contributed by atoms with Crippen LogP contribution in [0.25, 0.3) is 0 Å². The third-order valence-corrected chi connectivity index (χ3v) is 3.17. The van der Waals surface area contributed by atoms with Crippen molar-refractivity contribution in [3.63, 3.8) is 0 Å². The molecule has 0 atom stereocenters. The molecular weight excluding hydrogens is 236 g/mol. The van der Waals surface area contributed by atoms with E-state index in [1.54, 1.807) is 19.4 Å². The normalized spacial score (nSPS) is 16.1. The zero-order valence-corrected chi connectivity index (χ0v) is 10.1. The SMILES string of the molecule is CN(Cc1ncc[nH]1)C(=O)NCC1(C(=O)O)CC1. The fourth-order valence-electron chi connectivity index (χ4n) is 1.68. The highest BCUT2D eigenvalue weighted by Gasteiger charge is 2.50. The van der Waals surface area contributed by atoms with E-state index >= 15 is 0 Å².